The van der Waals surface area contributed by atoms with Gasteiger partial charge in [0.05, 0.1) is 15.5 Å². The first-order valence-electron chi connectivity index (χ1n) is 4.62. The van der Waals surface area contributed by atoms with Crippen molar-refractivity contribution in [2.45, 2.75) is 0 Å². The highest BCUT2D eigenvalue weighted by atomic mass is 35.5. The molecule has 8 heteroatoms. The van der Waals surface area contributed by atoms with Crippen molar-refractivity contribution in [3.8, 4) is 11.5 Å². The van der Waals surface area contributed by atoms with Crippen LogP contribution >= 0.6 is 11.6 Å². The molecule has 0 fully saturated rings. The molecule has 7 nitrogen and oxygen atoms in total. The largest absolute Gasteiger partial charge is 0.476 e. The molecule has 1 N–H and O–H groups in total. The van der Waals surface area contributed by atoms with Crippen molar-refractivity contribution in [3.63, 3.8) is 0 Å². The second-order valence-corrected chi connectivity index (χ2v) is 3.67. The number of nitro benzene ring substituents is 1. The molecule has 0 saturated heterocycles. The van der Waals surface area contributed by atoms with Crippen molar-refractivity contribution >= 4 is 23.3 Å². The van der Waals surface area contributed by atoms with Crippen LogP contribution in [0.2, 0.25) is 5.02 Å². The monoisotopic (exact) mass is 268 g/mol. The number of aromatic nitrogens is 1. The molecule has 92 valence electrons. The maximum Gasteiger partial charge on any atom is 0.357 e. The summed E-state index contributed by atoms with van der Waals surface area (Å²) >= 11 is 5.84. The molecule has 0 atom stereocenters. The molecule has 0 amide bonds. The summed E-state index contributed by atoms with van der Waals surface area (Å²) in [4.78, 5) is 24.3. The van der Waals surface area contributed by atoms with Crippen LogP contribution in [-0.2, 0) is 0 Å². The molecular formula is C10H5ClN2O5. The molecule has 0 aliphatic rings. The molecule has 0 saturated carbocycles. The minimum absolute atomic E-state index is 0.00713. The van der Waals surface area contributed by atoms with Gasteiger partial charge in [0.25, 0.3) is 5.69 Å². The number of halogens is 1. The number of rotatable bonds is 3. The Labute approximate surface area is 105 Å². The maximum atomic E-state index is 10.6. The summed E-state index contributed by atoms with van der Waals surface area (Å²) in [5.41, 5.74) is -0.150. The average molecular weight is 269 g/mol. The van der Waals surface area contributed by atoms with Crippen LogP contribution in [0.3, 0.4) is 0 Å². The molecule has 2 rings (SSSR count). The van der Waals surface area contributed by atoms with Crippen LogP contribution in [0.4, 0.5) is 5.69 Å². The molecule has 0 bridgehead atoms. The minimum atomic E-state index is -1.23. The van der Waals surface area contributed by atoms with Gasteiger partial charge in [-0.15, -0.1) is 0 Å². The third kappa shape index (κ3) is 2.16. The van der Waals surface area contributed by atoms with Gasteiger partial charge >= 0.3 is 5.97 Å². The summed E-state index contributed by atoms with van der Waals surface area (Å²) in [7, 11) is 0. The fourth-order valence-corrected chi connectivity index (χ4v) is 1.54. The molecule has 0 radical (unpaired) electrons. The maximum absolute atomic E-state index is 10.6. The van der Waals surface area contributed by atoms with Crippen molar-refractivity contribution in [1.29, 1.82) is 0 Å². The lowest BCUT2D eigenvalue weighted by Gasteiger charge is -1.98. The lowest BCUT2D eigenvalue weighted by atomic mass is 10.2. The van der Waals surface area contributed by atoms with Gasteiger partial charge in [0.1, 0.15) is 6.26 Å². The predicted octanol–water partition coefficient (Wildman–Crippen LogP) is 2.60. The average Bonchev–Trinajstić information content (AvgIpc) is 2.78. The number of nitro groups is 1. The number of carbonyl (C=O) groups is 1. The topological polar surface area (TPSA) is 106 Å². The van der Waals surface area contributed by atoms with Crippen molar-refractivity contribution in [3.05, 3.63) is 45.3 Å². The minimum Gasteiger partial charge on any atom is -0.476 e. The van der Waals surface area contributed by atoms with Gasteiger partial charge in [-0.1, -0.05) is 11.6 Å². The zero-order chi connectivity index (χ0) is 13.3. The van der Waals surface area contributed by atoms with E-state index >= 15 is 0 Å². The zero-order valence-corrected chi connectivity index (χ0v) is 9.42. The van der Waals surface area contributed by atoms with Gasteiger partial charge in [0, 0.05) is 12.1 Å². The second kappa shape index (κ2) is 4.46. The van der Waals surface area contributed by atoms with E-state index in [0.29, 0.717) is 0 Å². The SMILES string of the molecule is O=C(O)c1coc(-c2ccc([N+](=O)[O-])cc2Cl)n1. The van der Waals surface area contributed by atoms with Crippen LogP contribution in [0, 0.1) is 10.1 Å². The first kappa shape index (κ1) is 12.1. The van der Waals surface area contributed by atoms with E-state index in [1.165, 1.54) is 12.1 Å². The van der Waals surface area contributed by atoms with E-state index in [2.05, 4.69) is 4.98 Å². The summed E-state index contributed by atoms with van der Waals surface area (Å²) in [5.74, 6) is -1.24. The summed E-state index contributed by atoms with van der Waals surface area (Å²) in [6, 6.07) is 3.71. The number of benzene rings is 1. The fraction of sp³-hybridized carbons (Fsp3) is 0. The van der Waals surface area contributed by atoms with E-state index in [1.807, 2.05) is 0 Å². The fourth-order valence-electron chi connectivity index (χ4n) is 1.29. The van der Waals surface area contributed by atoms with Crippen molar-refractivity contribution < 1.29 is 19.2 Å². The van der Waals surface area contributed by atoms with E-state index in [1.54, 1.807) is 0 Å². The Kier molecular flexibility index (Phi) is 2.99. The first-order valence-corrected chi connectivity index (χ1v) is 5.00. The zero-order valence-electron chi connectivity index (χ0n) is 8.66. The molecular weight excluding hydrogens is 264 g/mol. The van der Waals surface area contributed by atoms with E-state index in [9.17, 15) is 14.9 Å². The summed E-state index contributed by atoms with van der Waals surface area (Å²) < 4.78 is 4.95. The van der Waals surface area contributed by atoms with E-state index in [-0.39, 0.29) is 27.9 Å². The van der Waals surface area contributed by atoms with Crippen LogP contribution in [0.1, 0.15) is 10.5 Å². The summed E-state index contributed by atoms with van der Waals surface area (Å²) in [6.45, 7) is 0. The highest BCUT2D eigenvalue weighted by molar-refractivity contribution is 6.33. The first-order chi connectivity index (χ1) is 8.49. The molecule has 18 heavy (non-hydrogen) atoms. The quantitative estimate of drug-likeness (QED) is 0.677. The highest BCUT2D eigenvalue weighted by Crippen LogP contribution is 2.30. The summed E-state index contributed by atoms with van der Waals surface area (Å²) in [6.07, 6.45) is 0.968. The van der Waals surface area contributed by atoms with Gasteiger partial charge in [-0.25, -0.2) is 9.78 Å². The predicted molar refractivity (Wildman–Crippen MR) is 60.6 cm³/mol. The number of oxazole rings is 1. The number of hydrogen-bond donors (Lipinski definition) is 1. The summed E-state index contributed by atoms with van der Waals surface area (Å²) in [5, 5.41) is 19.3. The van der Waals surface area contributed by atoms with Crippen LogP contribution in [0.25, 0.3) is 11.5 Å². The van der Waals surface area contributed by atoms with Crippen LogP contribution in [0.5, 0.6) is 0 Å². The van der Waals surface area contributed by atoms with Gasteiger partial charge in [-0.2, -0.15) is 0 Å². The Bertz CT molecular complexity index is 637. The third-order valence-corrected chi connectivity index (χ3v) is 2.43. The lowest BCUT2D eigenvalue weighted by Crippen LogP contribution is -1.95. The van der Waals surface area contributed by atoms with Gasteiger partial charge in [-0.3, -0.25) is 10.1 Å². The Hall–Kier alpha value is -2.41. The Balaban J connectivity index is 2.44. The Morgan fingerprint density at radius 2 is 2.22 bits per heavy atom. The normalized spacial score (nSPS) is 10.3. The molecule has 0 aliphatic heterocycles. The van der Waals surface area contributed by atoms with Crippen molar-refractivity contribution in [2.75, 3.05) is 0 Å². The second-order valence-electron chi connectivity index (χ2n) is 3.26. The Morgan fingerprint density at radius 3 is 2.72 bits per heavy atom. The van der Waals surface area contributed by atoms with E-state index in [4.69, 9.17) is 21.1 Å². The van der Waals surface area contributed by atoms with Gasteiger partial charge in [-0.05, 0) is 6.07 Å². The number of nitrogens with zero attached hydrogens (tertiary/aromatic N) is 2. The van der Waals surface area contributed by atoms with Crippen LogP contribution in [-0.4, -0.2) is 21.0 Å². The lowest BCUT2D eigenvalue weighted by molar-refractivity contribution is -0.384. The molecule has 0 aliphatic carbocycles. The molecule has 2 aromatic rings. The number of hydrogen-bond acceptors (Lipinski definition) is 5. The molecule has 1 heterocycles. The van der Waals surface area contributed by atoms with E-state index < -0.39 is 10.9 Å². The highest BCUT2D eigenvalue weighted by Gasteiger charge is 2.16. The number of aromatic carboxylic acids is 1. The Morgan fingerprint density at radius 1 is 1.50 bits per heavy atom. The number of carboxylic acid groups (broad SMARTS) is 1. The number of carboxylic acids is 1. The van der Waals surface area contributed by atoms with Crippen LogP contribution in [0.15, 0.2) is 28.9 Å². The van der Waals surface area contributed by atoms with Gasteiger partial charge < -0.3 is 9.52 Å². The molecule has 0 unspecified atom stereocenters. The van der Waals surface area contributed by atoms with E-state index in [0.717, 1.165) is 12.3 Å². The standard InChI is InChI=1S/C10H5ClN2O5/c11-7-3-5(13(16)17)1-2-6(7)9-12-8(4-18-9)10(14)15/h1-4H,(H,14,15). The van der Waals surface area contributed by atoms with Gasteiger partial charge in [0.15, 0.2) is 5.69 Å². The molecule has 1 aromatic carbocycles. The van der Waals surface area contributed by atoms with Crippen molar-refractivity contribution in [2.24, 2.45) is 0 Å². The van der Waals surface area contributed by atoms with Crippen molar-refractivity contribution in [1.82, 2.24) is 4.98 Å². The third-order valence-electron chi connectivity index (χ3n) is 2.12. The molecule has 0 spiro atoms. The number of non-ortho nitro benzene ring substituents is 1. The van der Waals surface area contributed by atoms with Crippen LogP contribution < -0.4 is 0 Å². The molecule has 1 aromatic heterocycles. The smallest absolute Gasteiger partial charge is 0.357 e. The van der Waals surface area contributed by atoms with Gasteiger partial charge in [0.2, 0.25) is 5.89 Å².